The predicted octanol–water partition coefficient (Wildman–Crippen LogP) is 6.17. The number of benzene rings is 3. The third-order valence-electron chi connectivity index (χ3n) is 5.19. The second-order valence-electron chi connectivity index (χ2n) is 7.49. The SMILES string of the molecule is COc1cc(/C=C2/SC(=O)N(Cc3ccccc3C#N)C2=O)cc(Cl)c1OCc1ccc(F)cc1. The van der Waals surface area contributed by atoms with E-state index >= 15 is 0 Å². The van der Waals surface area contributed by atoms with Crippen LogP contribution in [0.25, 0.3) is 6.08 Å². The molecule has 0 atom stereocenters. The number of rotatable bonds is 7. The molecule has 1 fully saturated rings. The second kappa shape index (κ2) is 10.6. The summed E-state index contributed by atoms with van der Waals surface area (Å²) in [6.45, 7) is 0.157. The molecular weight excluding hydrogens is 491 g/mol. The summed E-state index contributed by atoms with van der Waals surface area (Å²) in [6.07, 6.45) is 1.55. The predicted molar refractivity (Wildman–Crippen MR) is 131 cm³/mol. The van der Waals surface area contributed by atoms with Crippen molar-refractivity contribution in [1.82, 2.24) is 4.90 Å². The number of carbonyl (C=O) groups excluding carboxylic acids is 2. The lowest BCUT2D eigenvalue weighted by molar-refractivity contribution is -0.123. The molecule has 35 heavy (non-hydrogen) atoms. The summed E-state index contributed by atoms with van der Waals surface area (Å²) in [5.74, 6) is -0.156. The summed E-state index contributed by atoms with van der Waals surface area (Å²) >= 11 is 7.24. The Morgan fingerprint density at radius 2 is 1.89 bits per heavy atom. The molecule has 9 heteroatoms. The topological polar surface area (TPSA) is 79.6 Å². The highest BCUT2D eigenvalue weighted by Crippen LogP contribution is 2.39. The van der Waals surface area contributed by atoms with Crippen molar-refractivity contribution in [2.75, 3.05) is 7.11 Å². The van der Waals surface area contributed by atoms with Gasteiger partial charge in [-0.2, -0.15) is 5.26 Å². The van der Waals surface area contributed by atoms with Gasteiger partial charge in [-0.1, -0.05) is 41.9 Å². The number of methoxy groups -OCH3 is 1. The number of imide groups is 1. The summed E-state index contributed by atoms with van der Waals surface area (Å²) in [6, 6.07) is 18.0. The van der Waals surface area contributed by atoms with Crippen molar-refractivity contribution >= 4 is 40.6 Å². The Labute approximate surface area is 210 Å². The minimum absolute atomic E-state index is 0.00593. The van der Waals surface area contributed by atoms with Crippen molar-refractivity contribution in [1.29, 1.82) is 5.26 Å². The highest BCUT2D eigenvalue weighted by Gasteiger charge is 2.35. The fourth-order valence-electron chi connectivity index (χ4n) is 3.42. The van der Waals surface area contributed by atoms with Crippen LogP contribution in [-0.4, -0.2) is 23.2 Å². The van der Waals surface area contributed by atoms with E-state index in [9.17, 15) is 19.2 Å². The Bertz CT molecular complexity index is 1370. The molecule has 4 rings (SSSR count). The fourth-order valence-corrected chi connectivity index (χ4v) is 4.54. The molecule has 0 unspecified atom stereocenters. The van der Waals surface area contributed by atoms with Crippen LogP contribution in [0.15, 0.2) is 65.6 Å². The van der Waals surface area contributed by atoms with E-state index in [1.807, 2.05) is 0 Å². The second-order valence-corrected chi connectivity index (χ2v) is 8.89. The van der Waals surface area contributed by atoms with Crippen molar-refractivity contribution in [2.45, 2.75) is 13.2 Å². The third kappa shape index (κ3) is 5.48. The molecule has 0 aromatic heterocycles. The first-order chi connectivity index (χ1) is 16.9. The van der Waals surface area contributed by atoms with E-state index < -0.39 is 11.1 Å². The molecule has 3 aromatic carbocycles. The van der Waals surface area contributed by atoms with Crippen LogP contribution in [0.1, 0.15) is 22.3 Å². The van der Waals surface area contributed by atoms with E-state index in [0.717, 1.165) is 22.2 Å². The first kappa shape index (κ1) is 24.3. The average molecular weight is 509 g/mol. The molecule has 3 aromatic rings. The molecule has 176 valence electrons. The number of hydrogen-bond donors (Lipinski definition) is 0. The summed E-state index contributed by atoms with van der Waals surface area (Å²) < 4.78 is 24.3. The van der Waals surface area contributed by atoms with Crippen molar-refractivity contribution in [3.8, 4) is 17.6 Å². The van der Waals surface area contributed by atoms with Crippen LogP contribution in [0.4, 0.5) is 9.18 Å². The quantitative estimate of drug-likeness (QED) is 0.355. The first-order valence-corrected chi connectivity index (χ1v) is 11.6. The van der Waals surface area contributed by atoms with Crippen molar-refractivity contribution in [3.63, 3.8) is 0 Å². The summed E-state index contributed by atoms with van der Waals surface area (Å²) in [7, 11) is 1.46. The highest BCUT2D eigenvalue weighted by molar-refractivity contribution is 8.18. The molecule has 1 heterocycles. The molecule has 0 saturated carbocycles. The Hall–Kier alpha value is -3.80. The zero-order valence-corrected chi connectivity index (χ0v) is 20.0. The van der Waals surface area contributed by atoms with Gasteiger partial charge in [-0.05, 0) is 64.9 Å². The number of thioether (sulfide) groups is 1. The highest BCUT2D eigenvalue weighted by atomic mass is 35.5. The monoisotopic (exact) mass is 508 g/mol. The van der Waals surface area contributed by atoms with Crippen LogP contribution in [-0.2, 0) is 17.9 Å². The van der Waals surface area contributed by atoms with Crippen LogP contribution in [0.3, 0.4) is 0 Å². The molecule has 0 bridgehead atoms. The lowest BCUT2D eigenvalue weighted by Gasteiger charge is -2.14. The third-order valence-corrected chi connectivity index (χ3v) is 6.37. The van der Waals surface area contributed by atoms with Crippen LogP contribution in [0.5, 0.6) is 11.5 Å². The van der Waals surface area contributed by atoms with E-state index in [1.54, 1.807) is 54.6 Å². The number of halogens is 2. The maximum absolute atomic E-state index is 13.1. The summed E-state index contributed by atoms with van der Waals surface area (Å²) in [4.78, 5) is 26.8. The summed E-state index contributed by atoms with van der Waals surface area (Å²) in [5.41, 5.74) is 2.29. The molecule has 0 aliphatic carbocycles. The van der Waals surface area contributed by atoms with Gasteiger partial charge in [0.15, 0.2) is 11.5 Å². The van der Waals surface area contributed by atoms with Gasteiger partial charge in [0.25, 0.3) is 11.1 Å². The molecule has 0 N–H and O–H groups in total. The number of ether oxygens (including phenoxy) is 2. The molecular formula is C26H18ClFN2O4S. The molecule has 2 amide bonds. The Balaban J connectivity index is 1.54. The smallest absolute Gasteiger partial charge is 0.293 e. The standard InChI is InChI=1S/C26H18ClFN2O4S/c1-33-22-11-17(10-21(27)24(22)34-15-16-6-8-20(28)9-7-16)12-23-25(31)30(26(32)35-23)14-19-5-3-2-4-18(19)13-29/h2-12H,14-15H2,1H3/b23-12+. The van der Waals surface area contributed by atoms with E-state index in [0.29, 0.717) is 28.2 Å². The van der Waals surface area contributed by atoms with Gasteiger partial charge in [0.1, 0.15) is 12.4 Å². The minimum atomic E-state index is -0.459. The maximum atomic E-state index is 13.1. The number of nitriles is 1. The van der Waals surface area contributed by atoms with E-state index in [-0.39, 0.29) is 28.9 Å². The van der Waals surface area contributed by atoms with Crippen molar-refractivity contribution in [3.05, 3.63) is 98.7 Å². The van der Waals surface area contributed by atoms with Gasteiger partial charge in [-0.3, -0.25) is 14.5 Å². The lowest BCUT2D eigenvalue weighted by Crippen LogP contribution is -2.27. The molecule has 0 radical (unpaired) electrons. The zero-order valence-electron chi connectivity index (χ0n) is 18.5. The van der Waals surface area contributed by atoms with Gasteiger partial charge >= 0.3 is 0 Å². The Morgan fingerprint density at radius 1 is 1.14 bits per heavy atom. The molecule has 0 spiro atoms. The van der Waals surface area contributed by atoms with Gasteiger partial charge in [0, 0.05) is 0 Å². The molecule has 1 aliphatic heterocycles. The lowest BCUT2D eigenvalue weighted by atomic mass is 10.1. The average Bonchev–Trinajstić information content (AvgIpc) is 3.11. The number of hydrogen-bond acceptors (Lipinski definition) is 6. The van der Waals surface area contributed by atoms with Gasteiger partial charge in [-0.15, -0.1) is 0 Å². The fraction of sp³-hybridized carbons (Fsp3) is 0.115. The van der Waals surface area contributed by atoms with Crippen molar-refractivity contribution in [2.24, 2.45) is 0 Å². The Morgan fingerprint density at radius 3 is 2.60 bits per heavy atom. The van der Waals surface area contributed by atoms with Crippen LogP contribution in [0.2, 0.25) is 5.02 Å². The maximum Gasteiger partial charge on any atom is 0.293 e. The van der Waals surface area contributed by atoms with Crippen LogP contribution < -0.4 is 9.47 Å². The van der Waals surface area contributed by atoms with Gasteiger partial charge in [-0.25, -0.2) is 4.39 Å². The van der Waals surface area contributed by atoms with Crippen molar-refractivity contribution < 1.29 is 23.5 Å². The van der Waals surface area contributed by atoms with Gasteiger partial charge in [0.2, 0.25) is 0 Å². The van der Waals surface area contributed by atoms with Crippen LogP contribution >= 0.6 is 23.4 Å². The van der Waals surface area contributed by atoms with Crippen LogP contribution in [0, 0.1) is 17.1 Å². The zero-order chi connectivity index (χ0) is 24.9. The normalized spacial score (nSPS) is 14.3. The van der Waals surface area contributed by atoms with Gasteiger partial charge < -0.3 is 9.47 Å². The van der Waals surface area contributed by atoms with Gasteiger partial charge in [0.05, 0.1) is 35.2 Å². The number of nitrogens with zero attached hydrogens (tertiary/aromatic N) is 2. The molecule has 6 nitrogen and oxygen atoms in total. The van der Waals surface area contributed by atoms with E-state index in [1.165, 1.54) is 19.2 Å². The largest absolute Gasteiger partial charge is 0.493 e. The van der Waals surface area contributed by atoms with E-state index in [4.69, 9.17) is 21.1 Å². The number of amides is 2. The number of carbonyl (C=O) groups is 2. The molecule has 1 saturated heterocycles. The molecule has 1 aliphatic rings. The first-order valence-electron chi connectivity index (χ1n) is 10.4. The summed E-state index contributed by atoms with van der Waals surface area (Å²) in [5, 5.41) is 9.10. The Kier molecular flexibility index (Phi) is 7.39. The minimum Gasteiger partial charge on any atom is -0.493 e. The van der Waals surface area contributed by atoms with E-state index in [2.05, 4.69) is 6.07 Å².